The van der Waals surface area contributed by atoms with Gasteiger partial charge in [0.25, 0.3) is 0 Å². The van der Waals surface area contributed by atoms with E-state index in [-0.39, 0.29) is 0 Å². The smallest absolute Gasteiger partial charge is 0.247 e. The third-order valence-corrected chi connectivity index (χ3v) is 6.18. The van der Waals surface area contributed by atoms with Gasteiger partial charge in [0.1, 0.15) is 11.5 Å². The average molecular weight is 459 g/mol. The lowest BCUT2D eigenvalue weighted by molar-refractivity contribution is 0.219. The van der Waals surface area contributed by atoms with Gasteiger partial charge in [-0.25, -0.2) is 0 Å². The van der Waals surface area contributed by atoms with E-state index in [4.69, 9.17) is 19.2 Å². The van der Waals surface area contributed by atoms with E-state index in [0.29, 0.717) is 28.2 Å². The van der Waals surface area contributed by atoms with Gasteiger partial charge in [-0.05, 0) is 23.8 Å². The summed E-state index contributed by atoms with van der Waals surface area (Å²) in [6.07, 6.45) is -0.545. The van der Waals surface area contributed by atoms with Crippen LogP contribution < -0.4 is 19.5 Å². The SMILES string of the molecule is COc1ccc([C@@H]2Nc3ccccc3-c3nnc(SCc4ccccc4)nc3O2)c(OC)c1. The van der Waals surface area contributed by atoms with Crippen LogP contribution in [0, 0.1) is 0 Å². The van der Waals surface area contributed by atoms with Gasteiger partial charge in [0.05, 0.1) is 19.8 Å². The predicted octanol–water partition coefficient (Wildman–Crippen LogP) is 5.35. The molecule has 0 spiro atoms. The zero-order valence-electron chi connectivity index (χ0n) is 18.2. The molecule has 7 nitrogen and oxygen atoms in total. The fourth-order valence-electron chi connectivity index (χ4n) is 3.61. The van der Waals surface area contributed by atoms with Gasteiger partial charge in [0.15, 0.2) is 5.69 Å². The zero-order valence-corrected chi connectivity index (χ0v) is 19.0. The molecule has 0 unspecified atom stereocenters. The average Bonchev–Trinajstić information content (AvgIpc) is 3.04. The van der Waals surface area contributed by atoms with Gasteiger partial charge in [0.2, 0.25) is 17.3 Å². The van der Waals surface area contributed by atoms with Crippen LogP contribution in [0.15, 0.2) is 78.0 Å². The van der Waals surface area contributed by atoms with Crippen LogP contribution in [-0.4, -0.2) is 29.4 Å². The minimum Gasteiger partial charge on any atom is -0.497 e. The Morgan fingerprint density at radius 2 is 1.76 bits per heavy atom. The van der Waals surface area contributed by atoms with E-state index in [1.807, 2.05) is 60.7 Å². The Hall–Kier alpha value is -3.78. The molecule has 2 heterocycles. The van der Waals surface area contributed by atoms with Crippen LogP contribution in [0.25, 0.3) is 11.3 Å². The first-order valence-corrected chi connectivity index (χ1v) is 11.4. The maximum absolute atomic E-state index is 6.38. The summed E-state index contributed by atoms with van der Waals surface area (Å²) in [5.41, 5.74) is 4.35. The second-order valence-corrected chi connectivity index (χ2v) is 8.26. The first-order valence-electron chi connectivity index (χ1n) is 10.4. The monoisotopic (exact) mass is 458 g/mol. The highest BCUT2D eigenvalue weighted by Crippen LogP contribution is 2.41. The summed E-state index contributed by atoms with van der Waals surface area (Å²) >= 11 is 1.52. The van der Waals surface area contributed by atoms with Crippen LogP contribution in [-0.2, 0) is 5.75 Å². The first kappa shape index (κ1) is 21.1. The Kier molecular flexibility index (Phi) is 5.99. The molecule has 1 aliphatic heterocycles. The zero-order chi connectivity index (χ0) is 22.6. The highest BCUT2D eigenvalue weighted by atomic mass is 32.2. The molecule has 0 bridgehead atoms. The second-order valence-electron chi connectivity index (χ2n) is 7.32. The van der Waals surface area contributed by atoms with Crippen molar-refractivity contribution in [2.75, 3.05) is 19.5 Å². The van der Waals surface area contributed by atoms with Gasteiger partial charge in [-0.2, -0.15) is 4.98 Å². The Bertz CT molecular complexity index is 1270. The van der Waals surface area contributed by atoms with E-state index in [9.17, 15) is 0 Å². The minimum atomic E-state index is -0.545. The number of nitrogens with one attached hydrogen (secondary N) is 1. The van der Waals surface area contributed by atoms with Gasteiger partial charge in [-0.3, -0.25) is 0 Å². The van der Waals surface area contributed by atoms with Crippen molar-refractivity contribution in [3.05, 3.63) is 83.9 Å². The van der Waals surface area contributed by atoms with Crippen molar-refractivity contribution < 1.29 is 14.2 Å². The van der Waals surface area contributed by atoms with Crippen LogP contribution in [0.3, 0.4) is 0 Å². The van der Waals surface area contributed by atoms with Crippen molar-refractivity contribution in [3.63, 3.8) is 0 Å². The molecule has 4 aromatic rings. The van der Waals surface area contributed by atoms with Crippen molar-refractivity contribution in [2.45, 2.75) is 17.1 Å². The number of rotatable bonds is 6. The summed E-state index contributed by atoms with van der Waals surface area (Å²) in [5, 5.41) is 12.8. The summed E-state index contributed by atoms with van der Waals surface area (Å²) in [4.78, 5) is 4.71. The molecule has 5 rings (SSSR count). The number of ether oxygens (including phenoxy) is 3. The number of anilines is 1. The van der Waals surface area contributed by atoms with E-state index in [2.05, 4.69) is 27.6 Å². The van der Waals surface area contributed by atoms with E-state index >= 15 is 0 Å². The lowest BCUT2D eigenvalue weighted by atomic mass is 10.1. The van der Waals surface area contributed by atoms with E-state index in [0.717, 1.165) is 22.6 Å². The van der Waals surface area contributed by atoms with Gasteiger partial charge in [-0.1, -0.05) is 60.3 Å². The third-order valence-electron chi connectivity index (χ3n) is 5.27. The number of methoxy groups -OCH3 is 2. The van der Waals surface area contributed by atoms with Gasteiger partial charge < -0.3 is 19.5 Å². The molecule has 1 aromatic heterocycles. The summed E-state index contributed by atoms with van der Waals surface area (Å²) in [6.45, 7) is 0. The molecule has 0 saturated carbocycles. The van der Waals surface area contributed by atoms with Crippen molar-refractivity contribution >= 4 is 17.4 Å². The molecule has 0 saturated heterocycles. The van der Waals surface area contributed by atoms with Crippen LogP contribution in [0.1, 0.15) is 17.4 Å². The second kappa shape index (κ2) is 9.38. The number of thioether (sulfide) groups is 1. The predicted molar refractivity (Wildman–Crippen MR) is 128 cm³/mol. The summed E-state index contributed by atoms with van der Waals surface area (Å²) in [6, 6.07) is 23.7. The van der Waals surface area contributed by atoms with Crippen molar-refractivity contribution in [1.29, 1.82) is 0 Å². The molecule has 1 atom stereocenters. The molecule has 8 heteroatoms. The maximum Gasteiger partial charge on any atom is 0.247 e. The Morgan fingerprint density at radius 1 is 0.939 bits per heavy atom. The number of hydrogen-bond donors (Lipinski definition) is 1. The highest BCUT2D eigenvalue weighted by molar-refractivity contribution is 7.98. The van der Waals surface area contributed by atoms with Crippen LogP contribution >= 0.6 is 11.8 Å². The maximum atomic E-state index is 6.38. The molecule has 33 heavy (non-hydrogen) atoms. The molecule has 0 amide bonds. The molecule has 0 fully saturated rings. The summed E-state index contributed by atoms with van der Waals surface area (Å²) in [7, 11) is 3.25. The minimum absolute atomic E-state index is 0.417. The number of aromatic nitrogens is 3. The number of benzene rings is 3. The van der Waals surface area contributed by atoms with Gasteiger partial charge >= 0.3 is 0 Å². The number of nitrogens with zero attached hydrogens (tertiary/aromatic N) is 3. The van der Waals surface area contributed by atoms with Crippen molar-refractivity contribution in [3.8, 4) is 28.6 Å². The van der Waals surface area contributed by atoms with Crippen molar-refractivity contribution in [2.24, 2.45) is 0 Å². The van der Waals surface area contributed by atoms with Crippen LogP contribution in [0.5, 0.6) is 17.4 Å². The fraction of sp³-hybridized carbons (Fsp3) is 0.160. The molecule has 3 aromatic carbocycles. The molecule has 0 radical (unpaired) electrons. The fourth-order valence-corrected chi connectivity index (χ4v) is 4.34. The number of para-hydroxylation sites is 1. The molecular formula is C25H22N4O3S. The standard InChI is InChI=1S/C25H22N4O3S/c1-30-17-12-13-19(21(14-17)31-2)23-26-20-11-7-6-10-18(20)22-24(32-23)27-25(29-28-22)33-15-16-8-4-3-5-9-16/h3-14,23,26H,15H2,1-2H3/t23-/m1/s1. The quantitative estimate of drug-likeness (QED) is 0.387. The number of hydrogen-bond acceptors (Lipinski definition) is 8. The van der Waals surface area contributed by atoms with Gasteiger partial charge in [-0.15, -0.1) is 10.2 Å². The number of fused-ring (bicyclic) bond motifs is 3. The van der Waals surface area contributed by atoms with Crippen LogP contribution in [0.2, 0.25) is 0 Å². The van der Waals surface area contributed by atoms with Crippen molar-refractivity contribution in [1.82, 2.24) is 15.2 Å². The van der Waals surface area contributed by atoms with E-state index in [1.54, 1.807) is 14.2 Å². The van der Waals surface area contributed by atoms with E-state index < -0.39 is 6.23 Å². The molecule has 1 N–H and O–H groups in total. The third kappa shape index (κ3) is 4.42. The largest absolute Gasteiger partial charge is 0.497 e. The van der Waals surface area contributed by atoms with Crippen LogP contribution in [0.4, 0.5) is 5.69 Å². The molecule has 1 aliphatic rings. The molecular weight excluding hydrogens is 436 g/mol. The topological polar surface area (TPSA) is 78.4 Å². The summed E-state index contributed by atoms with van der Waals surface area (Å²) in [5.74, 6) is 2.51. The molecule has 0 aliphatic carbocycles. The van der Waals surface area contributed by atoms with E-state index in [1.165, 1.54) is 17.3 Å². The Balaban J connectivity index is 1.52. The Labute approximate surface area is 196 Å². The normalized spacial score (nSPS) is 14.2. The van der Waals surface area contributed by atoms with Gasteiger partial charge in [0, 0.05) is 23.1 Å². The Morgan fingerprint density at radius 3 is 2.58 bits per heavy atom. The summed E-state index contributed by atoms with van der Waals surface area (Å²) < 4.78 is 17.3. The lowest BCUT2D eigenvalue weighted by Gasteiger charge is -2.21. The highest BCUT2D eigenvalue weighted by Gasteiger charge is 2.28. The first-order chi connectivity index (χ1) is 16.2. The molecule has 166 valence electrons. The lowest BCUT2D eigenvalue weighted by Crippen LogP contribution is -2.18.